The second-order valence-corrected chi connectivity index (χ2v) is 7.99. The van der Waals surface area contributed by atoms with Crippen LogP contribution in [0.3, 0.4) is 0 Å². The maximum Gasteiger partial charge on any atom is 0.451 e. The first-order valence-electron chi connectivity index (χ1n) is 10.7. The molecule has 0 spiro atoms. The predicted octanol–water partition coefficient (Wildman–Crippen LogP) is 1.81. The standard InChI is InChI=1S/C21H30F3N7O2/c1-12-15(17(26)30-20(29-12)21(22,23)24)5-4-14-7-10-31(11-8-14)19(33)13(2)28-18(32)16(27-3)6-9-25/h6,9,13-14,25,27H,4-5,7-8,10-11H2,1-3H3,(H,28,32)(H2,26,29,30)/b16-6-,25-9?/t13-/m0/s1. The number of aryl methyl sites for hydroxylation is 1. The summed E-state index contributed by atoms with van der Waals surface area (Å²) in [6.07, 6.45) is 0.285. The second kappa shape index (κ2) is 11.1. The highest BCUT2D eigenvalue weighted by atomic mass is 19.4. The highest BCUT2D eigenvalue weighted by molar-refractivity contribution is 5.98. The molecule has 2 amide bonds. The molecule has 1 fully saturated rings. The number of nitrogen functional groups attached to an aromatic ring is 1. The zero-order valence-corrected chi connectivity index (χ0v) is 18.9. The van der Waals surface area contributed by atoms with Crippen molar-refractivity contribution >= 4 is 23.8 Å². The lowest BCUT2D eigenvalue weighted by Gasteiger charge is -2.34. The summed E-state index contributed by atoms with van der Waals surface area (Å²) in [6, 6.07) is -0.719. The number of halogens is 3. The van der Waals surface area contributed by atoms with E-state index in [4.69, 9.17) is 11.1 Å². The molecule has 12 heteroatoms. The van der Waals surface area contributed by atoms with Crippen LogP contribution in [0.5, 0.6) is 0 Å². The Bertz CT molecular complexity index is 887. The van der Waals surface area contributed by atoms with Gasteiger partial charge in [0.15, 0.2) is 0 Å². The van der Waals surface area contributed by atoms with Crippen molar-refractivity contribution in [3.05, 3.63) is 28.9 Å². The fourth-order valence-corrected chi connectivity index (χ4v) is 3.81. The summed E-state index contributed by atoms with van der Waals surface area (Å²) in [5, 5.41) is 12.4. The lowest BCUT2D eigenvalue weighted by atomic mass is 9.90. The van der Waals surface area contributed by atoms with Crippen LogP contribution in [0.1, 0.15) is 43.3 Å². The van der Waals surface area contributed by atoms with Gasteiger partial charge in [-0.2, -0.15) is 13.2 Å². The number of alkyl halides is 3. The monoisotopic (exact) mass is 469 g/mol. The molecule has 0 bridgehead atoms. The van der Waals surface area contributed by atoms with Gasteiger partial charge in [-0.05, 0) is 51.5 Å². The average Bonchev–Trinajstić information content (AvgIpc) is 2.75. The molecule has 1 saturated heterocycles. The van der Waals surface area contributed by atoms with Gasteiger partial charge in [0.2, 0.25) is 11.7 Å². The van der Waals surface area contributed by atoms with E-state index in [1.165, 1.54) is 13.0 Å². The van der Waals surface area contributed by atoms with Gasteiger partial charge >= 0.3 is 6.18 Å². The van der Waals surface area contributed by atoms with E-state index < -0.39 is 23.9 Å². The molecule has 0 saturated carbocycles. The third-order valence-electron chi connectivity index (χ3n) is 5.71. The number of aromatic nitrogens is 2. The van der Waals surface area contributed by atoms with E-state index in [1.807, 2.05) is 0 Å². The number of piperidine rings is 1. The molecule has 182 valence electrons. The van der Waals surface area contributed by atoms with E-state index in [0.717, 1.165) is 19.1 Å². The quantitative estimate of drug-likeness (QED) is 0.339. The molecule has 33 heavy (non-hydrogen) atoms. The van der Waals surface area contributed by atoms with Crippen molar-refractivity contribution < 1.29 is 22.8 Å². The van der Waals surface area contributed by atoms with Crippen molar-refractivity contribution in [3.8, 4) is 0 Å². The fraction of sp³-hybridized carbons (Fsp3) is 0.571. The van der Waals surface area contributed by atoms with Gasteiger partial charge in [0.1, 0.15) is 17.6 Å². The van der Waals surface area contributed by atoms with Gasteiger partial charge < -0.3 is 26.7 Å². The van der Waals surface area contributed by atoms with Crippen LogP contribution in [0.15, 0.2) is 11.8 Å². The van der Waals surface area contributed by atoms with Gasteiger partial charge in [0.25, 0.3) is 5.91 Å². The minimum Gasteiger partial charge on any atom is -0.384 e. The first-order chi connectivity index (χ1) is 15.5. The van der Waals surface area contributed by atoms with Crippen molar-refractivity contribution in [2.75, 3.05) is 25.9 Å². The average molecular weight is 470 g/mol. The van der Waals surface area contributed by atoms with Crippen molar-refractivity contribution in [2.24, 2.45) is 5.92 Å². The molecule has 0 unspecified atom stereocenters. The molecule has 0 radical (unpaired) electrons. The number of hydrogen-bond acceptors (Lipinski definition) is 7. The lowest BCUT2D eigenvalue weighted by molar-refractivity contribution is -0.145. The Kier molecular flexibility index (Phi) is 8.77. The third-order valence-corrected chi connectivity index (χ3v) is 5.71. The summed E-state index contributed by atoms with van der Waals surface area (Å²) in [6.45, 7) is 4.16. The van der Waals surface area contributed by atoms with Gasteiger partial charge in [0.05, 0.1) is 0 Å². The molecule has 0 aliphatic carbocycles. The highest BCUT2D eigenvalue weighted by Gasteiger charge is 2.36. The molecular formula is C21H30F3N7O2. The Morgan fingerprint density at radius 1 is 1.30 bits per heavy atom. The summed E-state index contributed by atoms with van der Waals surface area (Å²) in [5.41, 5.74) is 6.70. The summed E-state index contributed by atoms with van der Waals surface area (Å²) in [5.74, 6) is -1.76. The predicted molar refractivity (Wildman–Crippen MR) is 117 cm³/mol. The number of anilines is 1. The Balaban J connectivity index is 1.87. The van der Waals surface area contributed by atoms with Crippen LogP contribution in [0.2, 0.25) is 0 Å². The molecule has 1 atom stereocenters. The van der Waals surface area contributed by atoms with E-state index in [9.17, 15) is 22.8 Å². The second-order valence-electron chi connectivity index (χ2n) is 7.99. The number of carbonyl (C=O) groups excluding carboxylic acids is 2. The van der Waals surface area contributed by atoms with Gasteiger partial charge in [-0.25, -0.2) is 9.97 Å². The Labute approximate surface area is 190 Å². The first-order valence-corrected chi connectivity index (χ1v) is 10.7. The number of likely N-dealkylation sites (N-methyl/N-ethyl adjacent to an activating group) is 1. The van der Waals surface area contributed by atoms with Crippen LogP contribution in [0, 0.1) is 18.3 Å². The van der Waals surface area contributed by atoms with Crippen LogP contribution in [0.4, 0.5) is 19.0 Å². The summed E-state index contributed by atoms with van der Waals surface area (Å²) in [7, 11) is 1.55. The van der Waals surface area contributed by atoms with Crippen molar-refractivity contribution in [1.82, 2.24) is 25.5 Å². The first kappa shape index (κ1) is 26.1. The van der Waals surface area contributed by atoms with Crippen molar-refractivity contribution in [1.29, 1.82) is 5.41 Å². The number of likely N-dealkylation sites (tertiary alicyclic amines) is 1. The fourth-order valence-electron chi connectivity index (χ4n) is 3.81. The van der Waals surface area contributed by atoms with E-state index in [-0.39, 0.29) is 29.0 Å². The third kappa shape index (κ3) is 6.90. The number of allylic oxidation sites excluding steroid dienone is 1. The Morgan fingerprint density at radius 3 is 2.45 bits per heavy atom. The SMILES string of the molecule is CN/C(=C\C=N)C(=O)N[C@@H](C)C(=O)N1CCC(CCc2c(C)nc(C(F)(F)F)nc2N)CC1. The zero-order chi connectivity index (χ0) is 24.8. The maximum atomic E-state index is 12.8. The summed E-state index contributed by atoms with van der Waals surface area (Å²) >= 11 is 0. The summed E-state index contributed by atoms with van der Waals surface area (Å²) in [4.78, 5) is 33.5. The molecule has 2 rings (SSSR count). The van der Waals surface area contributed by atoms with E-state index in [0.29, 0.717) is 31.5 Å². The normalized spacial score (nSPS) is 16.3. The van der Waals surface area contributed by atoms with Crippen LogP contribution in [0.25, 0.3) is 0 Å². The van der Waals surface area contributed by atoms with Crippen LogP contribution in [-0.4, -0.2) is 59.1 Å². The van der Waals surface area contributed by atoms with E-state index in [1.54, 1.807) is 18.9 Å². The number of nitrogens with zero attached hydrogens (tertiary/aromatic N) is 3. The Hall–Kier alpha value is -3.18. The molecule has 0 aromatic carbocycles. The molecule has 1 aromatic rings. The molecule has 2 heterocycles. The number of hydrogen-bond donors (Lipinski definition) is 4. The van der Waals surface area contributed by atoms with Crippen LogP contribution >= 0.6 is 0 Å². The molecule has 9 nitrogen and oxygen atoms in total. The largest absolute Gasteiger partial charge is 0.451 e. The minimum atomic E-state index is -4.64. The van der Waals surface area contributed by atoms with Gasteiger partial charge in [-0.15, -0.1) is 0 Å². The topological polar surface area (TPSA) is 137 Å². The van der Waals surface area contributed by atoms with Gasteiger partial charge in [-0.1, -0.05) is 0 Å². The highest BCUT2D eigenvalue weighted by Crippen LogP contribution is 2.30. The molecule has 1 aromatic heterocycles. The molecule has 5 N–H and O–H groups in total. The van der Waals surface area contributed by atoms with Crippen molar-refractivity contribution in [3.63, 3.8) is 0 Å². The lowest BCUT2D eigenvalue weighted by Crippen LogP contribution is -2.50. The number of carbonyl (C=O) groups is 2. The summed E-state index contributed by atoms with van der Waals surface area (Å²) < 4.78 is 38.5. The molecule has 1 aliphatic heterocycles. The number of amides is 2. The van der Waals surface area contributed by atoms with Crippen molar-refractivity contribution in [2.45, 2.75) is 51.7 Å². The minimum absolute atomic E-state index is 0.148. The molecule has 1 aliphatic rings. The number of rotatable bonds is 8. The molecular weight excluding hydrogens is 439 g/mol. The van der Waals surface area contributed by atoms with E-state index in [2.05, 4.69) is 20.6 Å². The zero-order valence-electron chi connectivity index (χ0n) is 18.9. The van der Waals surface area contributed by atoms with Crippen LogP contribution in [-0.2, 0) is 22.2 Å². The van der Waals surface area contributed by atoms with E-state index >= 15 is 0 Å². The number of nitrogens with one attached hydrogen (secondary N) is 3. The Morgan fingerprint density at radius 2 is 1.94 bits per heavy atom. The van der Waals surface area contributed by atoms with Gasteiger partial charge in [-0.3, -0.25) is 9.59 Å². The smallest absolute Gasteiger partial charge is 0.384 e. The maximum absolute atomic E-state index is 12.8. The number of nitrogens with two attached hydrogens (primary N) is 1. The van der Waals surface area contributed by atoms with Gasteiger partial charge in [0, 0.05) is 37.6 Å². The van der Waals surface area contributed by atoms with Crippen LogP contribution < -0.4 is 16.4 Å².